The fraction of sp³-hybridized carbons (Fsp3) is 0.586. The van der Waals surface area contributed by atoms with E-state index in [0.717, 1.165) is 63.5 Å². The molecule has 4 atom stereocenters. The van der Waals surface area contributed by atoms with Crippen molar-refractivity contribution >= 4 is 12.4 Å². The summed E-state index contributed by atoms with van der Waals surface area (Å²) < 4.78 is 22.8. The van der Waals surface area contributed by atoms with Gasteiger partial charge in [0.2, 0.25) is 0 Å². The van der Waals surface area contributed by atoms with E-state index in [-0.39, 0.29) is 12.4 Å². The molecule has 6 rings (SSSR count). The lowest BCUT2D eigenvalue weighted by Gasteiger charge is -2.44. The highest BCUT2D eigenvalue weighted by atomic mass is 35.5. The van der Waals surface area contributed by atoms with Gasteiger partial charge < -0.3 is 24.3 Å². The largest absolute Gasteiger partial charge is 0.496 e. The highest BCUT2D eigenvalue weighted by Crippen LogP contribution is 2.34. The molecule has 0 amide bonds. The van der Waals surface area contributed by atoms with Gasteiger partial charge in [-0.05, 0) is 60.2 Å². The van der Waals surface area contributed by atoms with Crippen LogP contribution in [0.3, 0.4) is 0 Å². The first-order valence-electron chi connectivity index (χ1n) is 13.2. The van der Waals surface area contributed by atoms with Crippen molar-refractivity contribution in [3.8, 4) is 11.5 Å². The predicted octanol–water partition coefficient (Wildman–Crippen LogP) is 3.85. The molecule has 0 unspecified atom stereocenters. The standard InChI is InChI=1S/C16H23NO2.C13H17NO2.ClH/c1-3-7-17-8-9-19-16-11-13-12(10-14(16)17)5-4-6-15(13)18-2;1-15-12-4-2-3-9-7-11-13(8-10(9)12)16-6-5-14-11;/h4-6,14,16H,3,7-11H2,1-2H3;2-4,11,13-14H,5-8H2,1H3;1H/t14-,16-;11-,13-;/m11./s1. The molecule has 2 aromatic carbocycles. The van der Waals surface area contributed by atoms with Crippen LogP contribution in [0.25, 0.3) is 0 Å². The number of ether oxygens (including phenoxy) is 4. The summed E-state index contributed by atoms with van der Waals surface area (Å²) in [6, 6.07) is 13.7. The Balaban J connectivity index is 0.000000167. The van der Waals surface area contributed by atoms with E-state index >= 15 is 0 Å². The maximum atomic E-state index is 6.02. The minimum Gasteiger partial charge on any atom is -0.496 e. The van der Waals surface area contributed by atoms with E-state index in [0.29, 0.717) is 24.3 Å². The Morgan fingerprint density at radius 2 is 1.50 bits per heavy atom. The van der Waals surface area contributed by atoms with Gasteiger partial charge in [-0.3, -0.25) is 4.90 Å². The quantitative estimate of drug-likeness (QED) is 0.666. The van der Waals surface area contributed by atoms with Crippen molar-refractivity contribution in [2.24, 2.45) is 0 Å². The highest BCUT2D eigenvalue weighted by molar-refractivity contribution is 5.85. The Morgan fingerprint density at radius 1 is 0.861 bits per heavy atom. The molecule has 2 saturated heterocycles. The molecule has 2 aliphatic carbocycles. The number of morpholine rings is 2. The minimum absolute atomic E-state index is 0. The van der Waals surface area contributed by atoms with Crippen molar-refractivity contribution in [3.63, 3.8) is 0 Å². The van der Waals surface area contributed by atoms with Crippen LogP contribution in [0.5, 0.6) is 11.5 Å². The number of hydrogen-bond donors (Lipinski definition) is 1. The zero-order chi connectivity index (χ0) is 24.2. The molecular formula is C29H41ClN2O4. The third-order valence-corrected chi connectivity index (χ3v) is 7.99. The summed E-state index contributed by atoms with van der Waals surface area (Å²) in [6.07, 6.45) is 5.98. The molecule has 198 valence electrons. The Bertz CT molecular complexity index is 1000. The molecule has 0 saturated carbocycles. The molecule has 2 aliphatic heterocycles. The molecule has 2 fully saturated rings. The Labute approximate surface area is 222 Å². The summed E-state index contributed by atoms with van der Waals surface area (Å²) in [4.78, 5) is 2.61. The van der Waals surface area contributed by atoms with Crippen molar-refractivity contribution in [3.05, 3.63) is 58.7 Å². The number of rotatable bonds is 4. The molecule has 1 N–H and O–H groups in total. The van der Waals surface area contributed by atoms with Gasteiger partial charge in [-0.25, -0.2) is 0 Å². The van der Waals surface area contributed by atoms with Crippen LogP contribution in [0, 0.1) is 0 Å². The van der Waals surface area contributed by atoms with Crippen molar-refractivity contribution in [1.82, 2.24) is 10.2 Å². The van der Waals surface area contributed by atoms with Gasteiger partial charge >= 0.3 is 0 Å². The molecule has 0 bridgehead atoms. The van der Waals surface area contributed by atoms with Crippen LogP contribution < -0.4 is 14.8 Å². The number of benzene rings is 2. The van der Waals surface area contributed by atoms with Crippen LogP contribution in [0.15, 0.2) is 36.4 Å². The van der Waals surface area contributed by atoms with Crippen LogP contribution in [-0.4, -0.2) is 76.3 Å². The summed E-state index contributed by atoms with van der Waals surface area (Å²) in [5.41, 5.74) is 5.52. The number of fused-ring (bicyclic) bond motifs is 4. The Kier molecular flexibility index (Phi) is 9.53. The third-order valence-electron chi connectivity index (χ3n) is 7.99. The number of methoxy groups -OCH3 is 2. The second-order valence-electron chi connectivity index (χ2n) is 9.99. The first-order valence-corrected chi connectivity index (χ1v) is 13.2. The van der Waals surface area contributed by atoms with E-state index in [1.165, 1.54) is 35.2 Å². The molecule has 4 aliphatic rings. The van der Waals surface area contributed by atoms with Crippen LogP contribution >= 0.6 is 12.4 Å². The van der Waals surface area contributed by atoms with Crippen molar-refractivity contribution < 1.29 is 18.9 Å². The lowest BCUT2D eigenvalue weighted by Crippen LogP contribution is -2.55. The molecule has 7 heteroatoms. The molecule has 6 nitrogen and oxygen atoms in total. The summed E-state index contributed by atoms with van der Waals surface area (Å²) in [7, 11) is 3.49. The van der Waals surface area contributed by atoms with E-state index in [4.69, 9.17) is 18.9 Å². The maximum Gasteiger partial charge on any atom is 0.122 e. The summed E-state index contributed by atoms with van der Waals surface area (Å²) in [5, 5.41) is 3.53. The summed E-state index contributed by atoms with van der Waals surface area (Å²) >= 11 is 0. The Hall–Kier alpha value is -1.83. The van der Waals surface area contributed by atoms with E-state index in [1.54, 1.807) is 14.2 Å². The van der Waals surface area contributed by atoms with Crippen LogP contribution in [0.1, 0.15) is 35.6 Å². The lowest BCUT2D eigenvalue weighted by atomic mass is 9.84. The fourth-order valence-electron chi connectivity index (χ4n) is 6.28. The second-order valence-corrected chi connectivity index (χ2v) is 9.99. The van der Waals surface area contributed by atoms with Crippen LogP contribution in [0.2, 0.25) is 0 Å². The first kappa shape index (κ1) is 27.2. The Morgan fingerprint density at radius 3 is 2.17 bits per heavy atom. The lowest BCUT2D eigenvalue weighted by molar-refractivity contribution is -0.0741. The summed E-state index contributed by atoms with van der Waals surface area (Å²) in [6.45, 7) is 7.18. The van der Waals surface area contributed by atoms with Gasteiger partial charge in [0.15, 0.2) is 0 Å². The molecule has 36 heavy (non-hydrogen) atoms. The van der Waals surface area contributed by atoms with Gasteiger partial charge in [0.05, 0.1) is 39.6 Å². The van der Waals surface area contributed by atoms with Gasteiger partial charge in [0.25, 0.3) is 0 Å². The van der Waals surface area contributed by atoms with Crippen molar-refractivity contribution in [2.75, 3.05) is 47.1 Å². The zero-order valence-electron chi connectivity index (χ0n) is 21.8. The summed E-state index contributed by atoms with van der Waals surface area (Å²) in [5.74, 6) is 2.03. The van der Waals surface area contributed by atoms with Crippen LogP contribution in [0.4, 0.5) is 0 Å². The van der Waals surface area contributed by atoms with Crippen molar-refractivity contribution in [1.29, 1.82) is 0 Å². The monoisotopic (exact) mass is 516 g/mol. The van der Waals surface area contributed by atoms with Gasteiger partial charge in [-0.2, -0.15) is 0 Å². The molecular weight excluding hydrogens is 476 g/mol. The van der Waals surface area contributed by atoms with E-state index in [1.807, 2.05) is 6.07 Å². The van der Waals surface area contributed by atoms with E-state index in [2.05, 4.69) is 47.5 Å². The normalized spacial score (nSPS) is 26.5. The minimum atomic E-state index is 0. The topological polar surface area (TPSA) is 52.2 Å². The molecule has 2 heterocycles. The maximum absolute atomic E-state index is 6.02. The average molecular weight is 517 g/mol. The number of nitrogens with zero attached hydrogens (tertiary/aromatic N) is 1. The molecule has 2 aromatic rings. The van der Waals surface area contributed by atoms with Crippen molar-refractivity contribution in [2.45, 2.75) is 63.3 Å². The highest BCUT2D eigenvalue weighted by Gasteiger charge is 2.37. The predicted molar refractivity (Wildman–Crippen MR) is 145 cm³/mol. The van der Waals surface area contributed by atoms with Gasteiger partial charge in [0, 0.05) is 38.0 Å². The smallest absolute Gasteiger partial charge is 0.122 e. The second kappa shape index (κ2) is 12.6. The van der Waals surface area contributed by atoms with E-state index < -0.39 is 0 Å². The number of hydrogen-bond acceptors (Lipinski definition) is 6. The first-order chi connectivity index (χ1) is 17.2. The van der Waals surface area contributed by atoms with Gasteiger partial charge in [-0.1, -0.05) is 31.2 Å². The SMILES string of the molecule is CCCN1CCO[C@@H]2Cc3c(cccc3OC)C[C@H]21.COc1cccc2c1C[C@H]1OCCN[C@@H]1C2.Cl. The fourth-order valence-corrected chi connectivity index (χ4v) is 6.28. The number of halogens is 1. The third kappa shape index (κ3) is 5.68. The number of nitrogens with one attached hydrogen (secondary N) is 1. The molecule has 0 spiro atoms. The van der Waals surface area contributed by atoms with E-state index in [9.17, 15) is 0 Å². The van der Waals surface area contributed by atoms with Gasteiger partial charge in [0.1, 0.15) is 11.5 Å². The van der Waals surface area contributed by atoms with Crippen LogP contribution in [-0.2, 0) is 35.2 Å². The molecule has 0 radical (unpaired) electrons. The average Bonchev–Trinajstić information content (AvgIpc) is 2.91. The van der Waals surface area contributed by atoms with Gasteiger partial charge in [-0.15, -0.1) is 12.4 Å². The molecule has 0 aromatic heterocycles. The zero-order valence-corrected chi connectivity index (χ0v) is 22.6.